The zero-order chi connectivity index (χ0) is 27.1. The molecule has 1 heterocycles. The lowest BCUT2D eigenvalue weighted by Gasteiger charge is -2.29. The van der Waals surface area contributed by atoms with Crippen LogP contribution in [0, 0.1) is 0 Å². The number of carbonyl (C=O) groups excluding carboxylic acids is 3. The first-order valence-corrected chi connectivity index (χ1v) is 14.0. The normalized spacial score (nSPS) is 18.0. The highest BCUT2D eigenvalue weighted by molar-refractivity contribution is 7.89. The van der Waals surface area contributed by atoms with E-state index >= 15 is 0 Å². The maximum atomic E-state index is 13.1. The number of carbonyl (C=O) groups is 3. The van der Waals surface area contributed by atoms with Crippen LogP contribution in [0.15, 0.2) is 30.3 Å². The SMILES string of the molecule is CC(C)NC(=O)[C@H](Cc1ccccc1)NS(=O)(=O)C[C@@H]1CCCN1C(=O)[C@H](C)NC(=O)OC(C)(C)C. The smallest absolute Gasteiger partial charge is 0.408 e. The van der Waals surface area contributed by atoms with Gasteiger partial charge in [0, 0.05) is 18.6 Å². The summed E-state index contributed by atoms with van der Waals surface area (Å²) in [4.78, 5) is 39.3. The molecule has 0 aliphatic carbocycles. The van der Waals surface area contributed by atoms with Crippen molar-refractivity contribution in [3.8, 4) is 0 Å². The summed E-state index contributed by atoms with van der Waals surface area (Å²) in [6, 6.07) is 6.59. The van der Waals surface area contributed by atoms with Crippen LogP contribution in [-0.2, 0) is 30.8 Å². The Morgan fingerprint density at radius 1 is 1.08 bits per heavy atom. The number of nitrogens with zero attached hydrogens (tertiary/aromatic N) is 1. The van der Waals surface area contributed by atoms with Gasteiger partial charge in [0.1, 0.15) is 17.7 Å². The average molecular weight is 525 g/mol. The van der Waals surface area contributed by atoms with Gasteiger partial charge in [-0.1, -0.05) is 30.3 Å². The first-order chi connectivity index (χ1) is 16.7. The lowest BCUT2D eigenvalue weighted by Crippen LogP contribution is -2.53. The molecule has 0 saturated carbocycles. The maximum Gasteiger partial charge on any atom is 0.408 e. The Labute approximate surface area is 214 Å². The molecule has 2 rings (SSSR count). The first-order valence-electron chi connectivity index (χ1n) is 12.3. The second kappa shape index (κ2) is 12.5. The van der Waals surface area contributed by atoms with Gasteiger partial charge in [0.15, 0.2) is 0 Å². The molecule has 3 amide bonds. The Morgan fingerprint density at radius 3 is 2.31 bits per heavy atom. The second-order valence-electron chi connectivity index (χ2n) is 10.5. The van der Waals surface area contributed by atoms with Gasteiger partial charge in [-0.3, -0.25) is 9.59 Å². The molecule has 11 heteroatoms. The number of amides is 3. The van der Waals surface area contributed by atoms with Crippen LogP contribution in [0.4, 0.5) is 4.79 Å². The molecule has 202 valence electrons. The topological polar surface area (TPSA) is 134 Å². The van der Waals surface area contributed by atoms with Crippen LogP contribution in [-0.4, -0.2) is 73.3 Å². The van der Waals surface area contributed by atoms with E-state index in [2.05, 4.69) is 15.4 Å². The van der Waals surface area contributed by atoms with Crippen LogP contribution in [0.2, 0.25) is 0 Å². The monoisotopic (exact) mass is 524 g/mol. The largest absolute Gasteiger partial charge is 0.444 e. The lowest BCUT2D eigenvalue weighted by molar-refractivity contribution is -0.133. The molecule has 1 saturated heterocycles. The Hall–Kier alpha value is -2.66. The Kier molecular flexibility index (Phi) is 10.3. The molecule has 0 aromatic heterocycles. The van der Waals surface area contributed by atoms with Gasteiger partial charge in [-0.2, -0.15) is 0 Å². The molecule has 1 aliphatic rings. The number of nitrogens with one attached hydrogen (secondary N) is 3. The molecule has 0 spiro atoms. The van der Waals surface area contributed by atoms with Gasteiger partial charge in [0.2, 0.25) is 21.8 Å². The molecule has 0 unspecified atom stereocenters. The highest BCUT2D eigenvalue weighted by Crippen LogP contribution is 2.20. The van der Waals surface area contributed by atoms with Gasteiger partial charge in [0.05, 0.1) is 5.75 Å². The number of ether oxygens (including phenoxy) is 1. The van der Waals surface area contributed by atoms with E-state index in [0.29, 0.717) is 19.4 Å². The molecule has 1 fully saturated rings. The van der Waals surface area contributed by atoms with E-state index in [0.717, 1.165) is 5.56 Å². The van der Waals surface area contributed by atoms with Gasteiger partial charge in [0.25, 0.3) is 0 Å². The molecule has 36 heavy (non-hydrogen) atoms. The lowest BCUT2D eigenvalue weighted by atomic mass is 10.1. The highest BCUT2D eigenvalue weighted by Gasteiger charge is 2.36. The van der Waals surface area contributed by atoms with E-state index in [1.165, 1.54) is 4.90 Å². The molecule has 3 atom stereocenters. The summed E-state index contributed by atoms with van der Waals surface area (Å²) in [6.45, 7) is 10.7. The van der Waals surface area contributed by atoms with Crippen LogP contribution in [0.25, 0.3) is 0 Å². The Morgan fingerprint density at radius 2 is 1.72 bits per heavy atom. The molecular formula is C25H40N4O6S. The van der Waals surface area contributed by atoms with E-state index in [1.807, 2.05) is 30.3 Å². The Balaban J connectivity index is 2.08. The second-order valence-corrected chi connectivity index (χ2v) is 12.3. The third-order valence-electron chi connectivity index (χ3n) is 5.53. The predicted molar refractivity (Wildman–Crippen MR) is 138 cm³/mol. The number of alkyl carbamates (subject to hydrolysis) is 1. The molecule has 1 aromatic rings. The van der Waals surface area contributed by atoms with E-state index in [4.69, 9.17) is 4.74 Å². The fourth-order valence-corrected chi connectivity index (χ4v) is 5.61. The fraction of sp³-hybridized carbons (Fsp3) is 0.640. The zero-order valence-corrected chi connectivity index (χ0v) is 22.9. The number of benzene rings is 1. The summed E-state index contributed by atoms with van der Waals surface area (Å²) >= 11 is 0. The van der Waals surface area contributed by atoms with Crippen molar-refractivity contribution in [1.82, 2.24) is 20.3 Å². The van der Waals surface area contributed by atoms with Crippen LogP contribution < -0.4 is 15.4 Å². The quantitative estimate of drug-likeness (QED) is 0.428. The summed E-state index contributed by atoms with van der Waals surface area (Å²) in [5, 5.41) is 5.29. The van der Waals surface area contributed by atoms with E-state index in [1.54, 1.807) is 41.5 Å². The van der Waals surface area contributed by atoms with Crippen LogP contribution in [0.5, 0.6) is 0 Å². The molecular weight excluding hydrogens is 484 g/mol. The van der Waals surface area contributed by atoms with Crippen molar-refractivity contribution < 1.29 is 27.5 Å². The molecule has 0 bridgehead atoms. The van der Waals surface area contributed by atoms with Crippen LogP contribution in [0.1, 0.15) is 59.9 Å². The van der Waals surface area contributed by atoms with Crippen molar-refractivity contribution in [2.24, 2.45) is 0 Å². The van der Waals surface area contributed by atoms with E-state index in [9.17, 15) is 22.8 Å². The van der Waals surface area contributed by atoms with Gasteiger partial charge in [-0.05, 0) is 66.4 Å². The van der Waals surface area contributed by atoms with Gasteiger partial charge < -0.3 is 20.3 Å². The van der Waals surface area contributed by atoms with Crippen LogP contribution in [0.3, 0.4) is 0 Å². The fourth-order valence-electron chi connectivity index (χ4n) is 4.03. The molecule has 1 aliphatic heterocycles. The van der Waals surface area contributed by atoms with E-state index in [-0.39, 0.29) is 24.1 Å². The van der Waals surface area contributed by atoms with Crippen molar-refractivity contribution in [3.63, 3.8) is 0 Å². The van der Waals surface area contributed by atoms with Crippen LogP contribution >= 0.6 is 0 Å². The summed E-state index contributed by atoms with van der Waals surface area (Å²) in [6.07, 6.45) is 0.635. The van der Waals surface area contributed by atoms with Crippen molar-refractivity contribution in [2.75, 3.05) is 12.3 Å². The summed E-state index contributed by atoms with van der Waals surface area (Å²) in [5.74, 6) is -1.12. The number of sulfonamides is 1. The molecule has 3 N–H and O–H groups in total. The number of rotatable bonds is 10. The van der Waals surface area contributed by atoms with Gasteiger partial charge in [-0.15, -0.1) is 0 Å². The first kappa shape index (κ1) is 29.6. The number of hydrogen-bond donors (Lipinski definition) is 3. The summed E-state index contributed by atoms with van der Waals surface area (Å²) in [7, 11) is -3.92. The standard InChI is InChI=1S/C25H40N4O6S/c1-17(2)26-22(30)21(15-19-11-8-7-9-12-19)28-36(33,34)16-20-13-10-14-29(20)23(31)18(3)27-24(32)35-25(4,5)6/h7-9,11-12,17-18,20-21,28H,10,13-16H2,1-6H3,(H,26,30)(H,27,32)/t18-,20-,21-/m0/s1. The highest BCUT2D eigenvalue weighted by atomic mass is 32.2. The summed E-state index contributed by atoms with van der Waals surface area (Å²) in [5.41, 5.74) is 0.116. The van der Waals surface area contributed by atoms with Gasteiger partial charge in [-0.25, -0.2) is 17.9 Å². The van der Waals surface area contributed by atoms with Gasteiger partial charge >= 0.3 is 6.09 Å². The molecule has 10 nitrogen and oxygen atoms in total. The maximum absolute atomic E-state index is 13.1. The van der Waals surface area contributed by atoms with Crippen molar-refractivity contribution in [3.05, 3.63) is 35.9 Å². The zero-order valence-electron chi connectivity index (χ0n) is 22.0. The third-order valence-corrected chi connectivity index (χ3v) is 6.99. The van der Waals surface area contributed by atoms with Crippen molar-refractivity contribution in [1.29, 1.82) is 0 Å². The molecule has 0 radical (unpaired) electrons. The average Bonchev–Trinajstić information content (AvgIpc) is 3.18. The summed E-state index contributed by atoms with van der Waals surface area (Å²) < 4.78 is 34.0. The predicted octanol–water partition coefficient (Wildman–Crippen LogP) is 1.95. The minimum atomic E-state index is -3.92. The van der Waals surface area contributed by atoms with Crippen molar-refractivity contribution in [2.45, 2.75) is 90.6 Å². The number of likely N-dealkylation sites (tertiary alicyclic amines) is 1. The Bertz CT molecular complexity index is 1010. The minimum Gasteiger partial charge on any atom is -0.444 e. The van der Waals surface area contributed by atoms with Crippen molar-refractivity contribution >= 4 is 27.9 Å². The number of hydrogen-bond acceptors (Lipinski definition) is 6. The minimum absolute atomic E-state index is 0.151. The van der Waals surface area contributed by atoms with E-state index < -0.39 is 45.8 Å². The molecule has 1 aromatic carbocycles. The third kappa shape index (κ3) is 9.77.